The van der Waals surface area contributed by atoms with Crippen molar-refractivity contribution in [2.75, 3.05) is 11.8 Å². The molecule has 0 saturated carbocycles. The van der Waals surface area contributed by atoms with E-state index in [0.29, 0.717) is 17.2 Å². The maximum absolute atomic E-state index is 12.5. The lowest BCUT2D eigenvalue weighted by atomic mass is 10.2. The van der Waals surface area contributed by atoms with Gasteiger partial charge in [0.15, 0.2) is 0 Å². The number of hydrogen-bond acceptors (Lipinski definition) is 4. The van der Waals surface area contributed by atoms with Gasteiger partial charge >= 0.3 is 0 Å². The highest BCUT2D eigenvalue weighted by Gasteiger charge is 2.15. The summed E-state index contributed by atoms with van der Waals surface area (Å²) in [6, 6.07) is 20.8. The summed E-state index contributed by atoms with van der Waals surface area (Å²) < 4.78 is 38.5. The molecule has 5 nitrogen and oxygen atoms in total. The van der Waals surface area contributed by atoms with E-state index in [1.165, 1.54) is 6.07 Å². The van der Waals surface area contributed by atoms with Crippen molar-refractivity contribution in [2.24, 2.45) is 0 Å². The van der Waals surface area contributed by atoms with Crippen LogP contribution in [0.2, 0.25) is 0 Å². The van der Waals surface area contributed by atoms with Crippen molar-refractivity contribution in [1.29, 1.82) is 0 Å². The van der Waals surface area contributed by atoms with Gasteiger partial charge in [0.1, 0.15) is 17.2 Å². The number of benzene rings is 3. The van der Waals surface area contributed by atoms with Crippen LogP contribution >= 0.6 is 0 Å². The quantitative estimate of drug-likeness (QED) is 0.690. The van der Waals surface area contributed by atoms with Gasteiger partial charge in [-0.05, 0) is 67.1 Å². The summed E-state index contributed by atoms with van der Waals surface area (Å²) in [5.41, 5.74) is 1.21. The van der Waals surface area contributed by atoms with E-state index < -0.39 is 10.0 Å². The van der Waals surface area contributed by atoms with Crippen LogP contribution in [-0.2, 0) is 10.0 Å². The summed E-state index contributed by atoms with van der Waals surface area (Å²) in [4.78, 5) is 0.181. The number of methoxy groups -OCH3 is 1. The molecule has 1 N–H and O–H groups in total. The van der Waals surface area contributed by atoms with Crippen LogP contribution in [0.3, 0.4) is 0 Å². The van der Waals surface area contributed by atoms with Gasteiger partial charge in [0.05, 0.1) is 12.0 Å². The van der Waals surface area contributed by atoms with E-state index in [2.05, 4.69) is 4.72 Å². The maximum atomic E-state index is 12.5. The van der Waals surface area contributed by atoms with Crippen LogP contribution in [0.1, 0.15) is 5.56 Å². The Morgan fingerprint density at radius 1 is 0.846 bits per heavy atom. The molecule has 134 valence electrons. The minimum absolute atomic E-state index is 0.181. The number of sulfonamides is 1. The predicted octanol–water partition coefficient (Wildman–Crippen LogP) is 4.60. The second kappa shape index (κ2) is 7.49. The minimum atomic E-state index is -3.68. The Balaban J connectivity index is 1.74. The first-order valence-electron chi connectivity index (χ1n) is 7.98. The normalized spacial score (nSPS) is 11.0. The molecule has 0 aliphatic heterocycles. The number of nitrogens with one attached hydrogen (secondary N) is 1. The van der Waals surface area contributed by atoms with Crippen molar-refractivity contribution in [2.45, 2.75) is 11.8 Å². The maximum Gasteiger partial charge on any atom is 0.261 e. The Bertz CT molecular complexity index is 984. The van der Waals surface area contributed by atoms with E-state index in [-0.39, 0.29) is 4.90 Å². The molecule has 0 aromatic heterocycles. The molecular formula is C20H19NO4S. The van der Waals surface area contributed by atoms with Gasteiger partial charge in [-0.3, -0.25) is 4.72 Å². The zero-order chi connectivity index (χ0) is 18.6. The summed E-state index contributed by atoms with van der Waals surface area (Å²) >= 11 is 0. The molecule has 0 bridgehead atoms. The van der Waals surface area contributed by atoms with Gasteiger partial charge in [-0.25, -0.2) is 8.42 Å². The largest absolute Gasteiger partial charge is 0.496 e. The molecule has 26 heavy (non-hydrogen) atoms. The molecule has 3 rings (SSSR count). The molecule has 3 aromatic carbocycles. The average molecular weight is 369 g/mol. The monoisotopic (exact) mass is 369 g/mol. The zero-order valence-electron chi connectivity index (χ0n) is 14.5. The lowest BCUT2D eigenvalue weighted by Gasteiger charge is -2.11. The van der Waals surface area contributed by atoms with Crippen LogP contribution in [0.15, 0.2) is 77.7 Å². The topological polar surface area (TPSA) is 64.6 Å². The van der Waals surface area contributed by atoms with Crippen molar-refractivity contribution < 1.29 is 17.9 Å². The number of rotatable bonds is 6. The summed E-state index contributed by atoms with van der Waals surface area (Å²) in [6.07, 6.45) is 0. The molecule has 0 fully saturated rings. The first-order valence-corrected chi connectivity index (χ1v) is 9.47. The molecule has 0 aliphatic rings. The molecule has 6 heteroatoms. The summed E-state index contributed by atoms with van der Waals surface area (Å²) in [7, 11) is -2.13. The van der Waals surface area contributed by atoms with E-state index in [0.717, 1.165) is 11.3 Å². The number of aryl methyl sites for hydroxylation is 1. The fourth-order valence-electron chi connectivity index (χ4n) is 2.45. The Hall–Kier alpha value is -2.99. The Labute approximate surface area is 153 Å². The first kappa shape index (κ1) is 17.8. The molecule has 0 saturated heterocycles. The molecule has 0 amide bonds. The lowest BCUT2D eigenvalue weighted by Crippen LogP contribution is -2.13. The fourth-order valence-corrected chi connectivity index (χ4v) is 3.59. The third-order valence-electron chi connectivity index (χ3n) is 3.76. The van der Waals surface area contributed by atoms with Gasteiger partial charge in [-0.1, -0.05) is 18.2 Å². The first-order chi connectivity index (χ1) is 12.5. The smallest absolute Gasteiger partial charge is 0.261 e. The Morgan fingerprint density at radius 3 is 2.12 bits per heavy atom. The van der Waals surface area contributed by atoms with E-state index >= 15 is 0 Å². The fraction of sp³-hybridized carbons (Fsp3) is 0.100. The van der Waals surface area contributed by atoms with Crippen LogP contribution in [-0.4, -0.2) is 15.5 Å². The lowest BCUT2D eigenvalue weighted by molar-refractivity contribution is 0.411. The van der Waals surface area contributed by atoms with E-state index in [1.807, 2.05) is 30.3 Å². The van der Waals surface area contributed by atoms with E-state index in [4.69, 9.17) is 9.47 Å². The number of ether oxygens (including phenoxy) is 2. The van der Waals surface area contributed by atoms with E-state index in [9.17, 15) is 8.42 Å². The van der Waals surface area contributed by atoms with Crippen LogP contribution < -0.4 is 14.2 Å². The van der Waals surface area contributed by atoms with Crippen LogP contribution in [0, 0.1) is 6.92 Å². The number of hydrogen-bond donors (Lipinski definition) is 1. The second-order valence-corrected chi connectivity index (χ2v) is 7.36. The van der Waals surface area contributed by atoms with Gasteiger partial charge in [-0.2, -0.15) is 0 Å². The molecule has 0 atom stereocenters. The SMILES string of the molecule is COc1ccc(S(=O)(=O)Nc2ccc(Oc3ccccc3)cc2)cc1C. The third-order valence-corrected chi connectivity index (χ3v) is 5.14. The molecule has 0 radical (unpaired) electrons. The third kappa shape index (κ3) is 4.15. The van der Waals surface area contributed by atoms with Crippen molar-refractivity contribution in [1.82, 2.24) is 0 Å². The van der Waals surface area contributed by atoms with Crippen molar-refractivity contribution in [3.05, 3.63) is 78.4 Å². The summed E-state index contributed by atoms with van der Waals surface area (Å²) in [5.74, 6) is 1.99. The highest BCUT2D eigenvalue weighted by Crippen LogP contribution is 2.25. The standard InChI is InChI=1S/C20H19NO4S/c1-15-14-19(12-13-20(15)24-2)26(22,23)21-16-8-10-18(11-9-16)25-17-6-4-3-5-7-17/h3-14,21H,1-2H3. The van der Waals surface area contributed by atoms with Gasteiger partial charge < -0.3 is 9.47 Å². The van der Waals surface area contributed by atoms with Crippen LogP contribution in [0.25, 0.3) is 0 Å². The van der Waals surface area contributed by atoms with Crippen molar-refractivity contribution >= 4 is 15.7 Å². The highest BCUT2D eigenvalue weighted by atomic mass is 32.2. The second-order valence-electron chi connectivity index (χ2n) is 5.68. The van der Waals surface area contributed by atoms with Gasteiger partial charge in [-0.15, -0.1) is 0 Å². The zero-order valence-corrected chi connectivity index (χ0v) is 15.3. The van der Waals surface area contributed by atoms with Gasteiger partial charge in [0.2, 0.25) is 0 Å². The van der Waals surface area contributed by atoms with E-state index in [1.54, 1.807) is 50.4 Å². The number of para-hydroxylation sites is 1. The highest BCUT2D eigenvalue weighted by molar-refractivity contribution is 7.92. The van der Waals surface area contributed by atoms with Crippen molar-refractivity contribution in [3.8, 4) is 17.2 Å². The van der Waals surface area contributed by atoms with Gasteiger partial charge in [0.25, 0.3) is 10.0 Å². The summed E-state index contributed by atoms with van der Waals surface area (Å²) in [6.45, 7) is 1.80. The molecular weight excluding hydrogens is 350 g/mol. The molecule has 0 aliphatic carbocycles. The molecule has 0 unspecified atom stereocenters. The van der Waals surface area contributed by atoms with Gasteiger partial charge in [0, 0.05) is 5.69 Å². The van der Waals surface area contributed by atoms with Crippen LogP contribution in [0.4, 0.5) is 5.69 Å². The average Bonchev–Trinajstić information content (AvgIpc) is 2.64. The Kier molecular flexibility index (Phi) is 5.14. The summed E-state index contributed by atoms with van der Waals surface area (Å²) in [5, 5.41) is 0. The van der Waals surface area contributed by atoms with Crippen LogP contribution in [0.5, 0.6) is 17.2 Å². The molecule has 3 aromatic rings. The molecule has 0 spiro atoms. The molecule has 0 heterocycles. The van der Waals surface area contributed by atoms with Crippen molar-refractivity contribution in [3.63, 3.8) is 0 Å². The Morgan fingerprint density at radius 2 is 1.50 bits per heavy atom. The predicted molar refractivity (Wildman–Crippen MR) is 101 cm³/mol. The minimum Gasteiger partial charge on any atom is -0.496 e. The number of anilines is 1.